The third kappa shape index (κ3) is 3.77. The number of nitrogens with zero attached hydrogens (tertiary/aromatic N) is 3. The highest BCUT2D eigenvalue weighted by atomic mass is 32.2. The number of hydrogen-bond donors (Lipinski definition) is 1. The van der Waals surface area contributed by atoms with Crippen LogP contribution in [0.1, 0.15) is 17.5 Å². The molecule has 0 unspecified atom stereocenters. The van der Waals surface area contributed by atoms with E-state index in [-0.39, 0.29) is 11.7 Å². The van der Waals surface area contributed by atoms with Gasteiger partial charge in [-0.2, -0.15) is 0 Å². The average molecular weight is 469 g/mol. The van der Waals surface area contributed by atoms with Crippen LogP contribution in [0.5, 0.6) is 0 Å². The number of carbonyl (C=O) groups is 1. The van der Waals surface area contributed by atoms with Gasteiger partial charge in [-0.25, -0.2) is 15.0 Å². The summed E-state index contributed by atoms with van der Waals surface area (Å²) >= 11 is 3.08. The lowest BCUT2D eigenvalue weighted by atomic mass is 10.0. The van der Waals surface area contributed by atoms with Gasteiger partial charge in [-0.1, -0.05) is 60.3 Å². The Morgan fingerprint density at radius 3 is 2.55 bits per heavy atom. The van der Waals surface area contributed by atoms with Gasteiger partial charge >= 0.3 is 0 Å². The van der Waals surface area contributed by atoms with Gasteiger partial charge in [-0.05, 0) is 42.5 Å². The summed E-state index contributed by atoms with van der Waals surface area (Å²) in [4.78, 5) is 27.7. The second-order valence-corrected chi connectivity index (χ2v) is 9.94. The zero-order chi connectivity index (χ0) is 22.2. The van der Waals surface area contributed by atoms with E-state index < -0.39 is 0 Å². The number of thiophene rings is 1. The number of pyridine rings is 1. The number of benzene rings is 2. The molecule has 6 rings (SSSR count). The van der Waals surface area contributed by atoms with Crippen molar-refractivity contribution in [3.8, 4) is 11.3 Å². The molecule has 1 aliphatic rings. The minimum atomic E-state index is -0.0514. The number of aryl methyl sites for hydroxylation is 1. The maximum atomic E-state index is 12.5. The topological polar surface area (TPSA) is 67.8 Å². The van der Waals surface area contributed by atoms with Crippen molar-refractivity contribution < 1.29 is 4.79 Å². The number of hydrogen-bond acceptors (Lipinski definition) is 6. The SMILES string of the molecule is O=C(CSc1ncnc2c1sc1nc(-c3ccccc3)c3c(c12)CCC3)Nc1ccccc1. The summed E-state index contributed by atoms with van der Waals surface area (Å²) in [6, 6.07) is 19.9. The van der Waals surface area contributed by atoms with Gasteiger partial charge in [0.25, 0.3) is 0 Å². The quantitative estimate of drug-likeness (QED) is 0.248. The standard InChI is InChI=1S/C26H20N4OS2/c31-20(29-17-10-5-2-6-11-17)14-32-26-24-23(27-15-28-26)21-18-12-7-13-19(18)22(30-25(21)33-24)16-8-3-1-4-9-16/h1-6,8-11,15H,7,12-14H2,(H,29,31). The van der Waals surface area contributed by atoms with Crippen LogP contribution in [0.3, 0.4) is 0 Å². The first-order valence-corrected chi connectivity index (χ1v) is 12.7. The molecule has 3 heterocycles. The number of anilines is 1. The first-order valence-electron chi connectivity index (χ1n) is 10.9. The van der Waals surface area contributed by atoms with Crippen molar-refractivity contribution >= 4 is 55.1 Å². The molecule has 0 saturated heterocycles. The lowest BCUT2D eigenvalue weighted by Gasteiger charge is -2.09. The van der Waals surface area contributed by atoms with Crippen molar-refractivity contribution in [2.75, 3.05) is 11.1 Å². The van der Waals surface area contributed by atoms with Crippen molar-refractivity contribution in [1.29, 1.82) is 0 Å². The van der Waals surface area contributed by atoms with E-state index in [0.717, 1.165) is 56.3 Å². The fourth-order valence-corrected chi connectivity index (χ4v) is 6.50. The molecule has 1 aliphatic carbocycles. The molecule has 1 amide bonds. The van der Waals surface area contributed by atoms with Crippen LogP contribution >= 0.6 is 23.1 Å². The van der Waals surface area contributed by atoms with Gasteiger partial charge in [-0.15, -0.1) is 11.3 Å². The fraction of sp³-hybridized carbons (Fsp3) is 0.154. The largest absolute Gasteiger partial charge is 0.325 e. The van der Waals surface area contributed by atoms with Gasteiger partial charge in [0.05, 0.1) is 21.7 Å². The number of carbonyl (C=O) groups excluding carboxylic acids is 1. The molecule has 0 fully saturated rings. The van der Waals surface area contributed by atoms with Gasteiger partial charge < -0.3 is 5.32 Å². The highest BCUT2D eigenvalue weighted by molar-refractivity contribution is 8.00. The third-order valence-electron chi connectivity index (χ3n) is 5.88. The normalized spacial score (nSPS) is 12.8. The van der Waals surface area contributed by atoms with Gasteiger partial charge in [0.15, 0.2) is 0 Å². The van der Waals surface area contributed by atoms with Crippen molar-refractivity contribution in [2.45, 2.75) is 24.3 Å². The second kappa shape index (κ2) is 8.57. The van der Waals surface area contributed by atoms with E-state index in [2.05, 4.69) is 39.6 Å². The van der Waals surface area contributed by atoms with Gasteiger partial charge in [-0.3, -0.25) is 4.79 Å². The number of amides is 1. The fourth-order valence-electron chi connectivity index (χ4n) is 4.47. The van der Waals surface area contributed by atoms with Crippen LogP contribution in [-0.2, 0) is 17.6 Å². The number of thioether (sulfide) groups is 1. The number of aromatic nitrogens is 3. The number of para-hydroxylation sites is 1. The summed E-state index contributed by atoms with van der Waals surface area (Å²) in [5.74, 6) is 0.236. The van der Waals surface area contributed by atoms with Crippen LogP contribution in [0.25, 0.3) is 31.7 Å². The van der Waals surface area contributed by atoms with Gasteiger partial charge in [0.2, 0.25) is 5.91 Å². The molecule has 162 valence electrons. The van der Waals surface area contributed by atoms with E-state index in [0.29, 0.717) is 0 Å². The molecule has 3 aromatic heterocycles. The smallest absolute Gasteiger partial charge is 0.234 e. The molecule has 0 atom stereocenters. The molecule has 0 bridgehead atoms. The minimum Gasteiger partial charge on any atom is -0.325 e. The van der Waals surface area contributed by atoms with Gasteiger partial charge in [0.1, 0.15) is 16.2 Å². The van der Waals surface area contributed by atoms with E-state index in [1.54, 1.807) is 17.7 Å². The molecule has 0 saturated carbocycles. The van der Waals surface area contributed by atoms with Crippen molar-refractivity contribution in [3.63, 3.8) is 0 Å². The Morgan fingerprint density at radius 1 is 0.970 bits per heavy atom. The van der Waals surface area contributed by atoms with E-state index >= 15 is 0 Å². The Balaban J connectivity index is 1.38. The third-order valence-corrected chi connectivity index (χ3v) is 8.08. The Hall–Kier alpha value is -3.29. The lowest BCUT2D eigenvalue weighted by Crippen LogP contribution is -2.13. The molecule has 5 nitrogen and oxygen atoms in total. The summed E-state index contributed by atoms with van der Waals surface area (Å²) in [5.41, 5.74) is 6.73. The van der Waals surface area contributed by atoms with Gasteiger partial charge in [0, 0.05) is 16.6 Å². The molecule has 2 aromatic carbocycles. The van der Waals surface area contributed by atoms with Crippen LogP contribution in [0.2, 0.25) is 0 Å². The Labute approximate surface area is 199 Å². The van der Waals surface area contributed by atoms with Crippen molar-refractivity contribution in [2.24, 2.45) is 0 Å². The summed E-state index contributed by atoms with van der Waals surface area (Å²) < 4.78 is 1.01. The molecule has 0 aliphatic heterocycles. The summed E-state index contributed by atoms with van der Waals surface area (Å²) in [6.07, 6.45) is 4.84. The number of nitrogens with one attached hydrogen (secondary N) is 1. The van der Waals surface area contributed by atoms with Crippen molar-refractivity contribution in [3.05, 3.63) is 78.1 Å². The summed E-state index contributed by atoms with van der Waals surface area (Å²) in [7, 11) is 0. The molecule has 1 N–H and O–H groups in total. The zero-order valence-electron chi connectivity index (χ0n) is 17.7. The van der Waals surface area contributed by atoms with Crippen LogP contribution in [0, 0.1) is 0 Å². The first kappa shape index (κ1) is 20.3. The van der Waals surface area contributed by atoms with E-state index in [9.17, 15) is 4.79 Å². The zero-order valence-corrected chi connectivity index (χ0v) is 19.4. The van der Waals surface area contributed by atoms with E-state index in [4.69, 9.17) is 4.98 Å². The van der Waals surface area contributed by atoms with E-state index in [1.807, 2.05) is 36.4 Å². The Bertz CT molecular complexity index is 1480. The summed E-state index contributed by atoms with van der Waals surface area (Å²) in [5, 5.41) is 4.93. The molecular formula is C26H20N4OS2. The molecular weight excluding hydrogens is 448 g/mol. The maximum absolute atomic E-state index is 12.5. The monoisotopic (exact) mass is 468 g/mol. The maximum Gasteiger partial charge on any atom is 0.234 e. The highest BCUT2D eigenvalue weighted by Crippen LogP contribution is 2.43. The first-order chi connectivity index (χ1) is 16.3. The molecule has 0 radical (unpaired) electrons. The molecule has 5 aromatic rings. The number of fused-ring (bicyclic) bond motifs is 5. The Kier molecular flexibility index (Phi) is 5.28. The molecule has 33 heavy (non-hydrogen) atoms. The van der Waals surface area contributed by atoms with Crippen LogP contribution in [0.4, 0.5) is 5.69 Å². The van der Waals surface area contributed by atoms with E-state index in [1.165, 1.54) is 28.3 Å². The highest BCUT2D eigenvalue weighted by Gasteiger charge is 2.25. The van der Waals surface area contributed by atoms with Crippen LogP contribution < -0.4 is 5.32 Å². The lowest BCUT2D eigenvalue weighted by molar-refractivity contribution is -0.113. The van der Waals surface area contributed by atoms with Crippen molar-refractivity contribution in [1.82, 2.24) is 15.0 Å². The van der Waals surface area contributed by atoms with Crippen LogP contribution in [-0.4, -0.2) is 26.6 Å². The molecule has 7 heteroatoms. The van der Waals surface area contributed by atoms with Crippen LogP contribution in [0.15, 0.2) is 72.0 Å². The molecule has 0 spiro atoms. The number of rotatable bonds is 5. The average Bonchev–Trinajstić information content (AvgIpc) is 3.48. The summed E-state index contributed by atoms with van der Waals surface area (Å²) in [6.45, 7) is 0. The Morgan fingerprint density at radius 2 is 1.73 bits per heavy atom. The predicted molar refractivity (Wildman–Crippen MR) is 136 cm³/mol. The predicted octanol–water partition coefficient (Wildman–Crippen LogP) is 6.13. The second-order valence-electron chi connectivity index (χ2n) is 7.98. The minimum absolute atomic E-state index is 0.0514.